The number of nitrogens with two attached hydrogens (primary N) is 1. The molecule has 0 radical (unpaired) electrons. The third-order valence-electron chi connectivity index (χ3n) is 2.73. The molecule has 0 aliphatic heterocycles. The smallest absolute Gasteiger partial charge is 0.246 e. The van der Waals surface area contributed by atoms with Crippen LogP contribution < -0.4 is 10.5 Å². The summed E-state index contributed by atoms with van der Waals surface area (Å²) in [6.45, 7) is 5.10. The lowest BCUT2D eigenvalue weighted by Crippen LogP contribution is -2.35. The molecule has 0 saturated carbocycles. The van der Waals surface area contributed by atoms with Crippen molar-refractivity contribution in [2.75, 3.05) is 26.4 Å². The van der Waals surface area contributed by atoms with Gasteiger partial charge in [0.2, 0.25) is 10.0 Å². The van der Waals surface area contributed by atoms with Gasteiger partial charge in [0.05, 0.1) is 0 Å². The van der Waals surface area contributed by atoms with E-state index < -0.39 is 10.0 Å². The number of hydrogen-bond donors (Lipinski definition) is 2. The second kappa shape index (κ2) is 6.36. The summed E-state index contributed by atoms with van der Waals surface area (Å²) in [4.78, 5) is 2.06. The fourth-order valence-electron chi connectivity index (χ4n) is 1.63. The lowest BCUT2D eigenvalue weighted by atomic mass is 10.2. The van der Waals surface area contributed by atoms with Crippen molar-refractivity contribution >= 4 is 15.8 Å². The van der Waals surface area contributed by atoms with Crippen LogP contribution in [0.15, 0.2) is 11.1 Å². The normalized spacial score (nSPS) is 13.9. The van der Waals surface area contributed by atoms with E-state index >= 15 is 0 Å². The molecule has 3 N–H and O–H groups in total. The molecule has 7 nitrogen and oxygen atoms in total. The van der Waals surface area contributed by atoms with Crippen molar-refractivity contribution in [3.63, 3.8) is 0 Å². The predicted molar refractivity (Wildman–Crippen MR) is 75.3 cm³/mol. The van der Waals surface area contributed by atoms with Crippen molar-refractivity contribution in [3.05, 3.63) is 6.20 Å². The molecule has 1 atom stereocenters. The zero-order valence-corrected chi connectivity index (χ0v) is 12.7. The quantitative estimate of drug-likeness (QED) is 0.743. The molecule has 1 unspecified atom stereocenters. The zero-order valence-electron chi connectivity index (χ0n) is 11.9. The third-order valence-corrected chi connectivity index (χ3v) is 4.34. The first-order valence-electron chi connectivity index (χ1n) is 6.26. The number of sulfonamides is 1. The fourth-order valence-corrected chi connectivity index (χ4v) is 2.98. The molecule has 1 rings (SSSR count). The van der Waals surface area contributed by atoms with E-state index in [9.17, 15) is 8.42 Å². The first kappa shape index (κ1) is 15.9. The third kappa shape index (κ3) is 4.48. The Morgan fingerprint density at radius 3 is 2.63 bits per heavy atom. The maximum atomic E-state index is 12.2. The summed E-state index contributed by atoms with van der Waals surface area (Å²) in [6, 6.07) is -0.156. The molecule has 0 spiro atoms. The Labute approximate surface area is 114 Å². The van der Waals surface area contributed by atoms with Gasteiger partial charge < -0.3 is 10.6 Å². The monoisotopic (exact) mass is 289 g/mol. The number of aromatic nitrogens is 2. The Bertz CT molecular complexity index is 509. The highest BCUT2D eigenvalue weighted by molar-refractivity contribution is 7.89. The van der Waals surface area contributed by atoms with Crippen molar-refractivity contribution in [1.29, 1.82) is 0 Å². The lowest BCUT2D eigenvalue weighted by molar-refractivity contribution is 0.379. The molecule has 0 aliphatic carbocycles. The number of aryl methyl sites for hydroxylation is 1. The summed E-state index contributed by atoms with van der Waals surface area (Å²) in [6.07, 6.45) is 2.18. The van der Waals surface area contributed by atoms with Gasteiger partial charge in [0.15, 0.2) is 5.82 Å². The van der Waals surface area contributed by atoms with Gasteiger partial charge in [-0.2, -0.15) is 5.10 Å². The van der Waals surface area contributed by atoms with Gasteiger partial charge in [-0.1, -0.05) is 0 Å². The van der Waals surface area contributed by atoms with Crippen LogP contribution in [0.4, 0.5) is 5.82 Å². The van der Waals surface area contributed by atoms with Crippen LogP contribution in [-0.2, 0) is 16.6 Å². The summed E-state index contributed by atoms with van der Waals surface area (Å²) in [5.74, 6) is 0.0363. The topological polar surface area (TPSA) is 93.2 Å². The summed E-state index contributed by atoms with van der Waals surface area (Å²) in [5, 5.41) is 3.94. The average molecular weight is 289 g/mol. The minimum Gasteiger partial charge on any atom is -0.381 e. The van der Waals surface area contributed by atoms with Crippen molar-refractivity contribution in [2.24, 2.45) is 0 Å². The Balaban J connectivity index is 2.77. The van der Waals surface area contributed by atoms with Crippen LogP contribution in [0.5, 0.6) is 0 Å². The highest BCUT2D eigenvalue weighted by Crippen LogP contribution is 2.16. The second-order valence-corrected chi connectivity index (χ2v) is 6.53. The number of nitrogens with zero attached hydrogens (tertiary/aromatic N) is 3. The van der Waals surface area contributed by atoms with Crippen molar-refractivity contribution in [1.82, 2.24) is 19.4 Å². The molecule has 1 heterocycles. The maximum Gasteiger partial charge on any atom is 0.246 e. The van der Waals surface area contributed by atoms with Crippen LogP contribution >= 0.6 is 0 Å². The lowest BCUT2D eigenvalue weighted by Gasteiger charge is -2.16. The maximum absolute atomic E-state index is 12.2. The Morgan fingerprint density at radius 2 is 2.16 bits per heavy atom. The number of nitrogens with one attached hydrogen (secondary N) is 1. The summed E-state index contributed by atoms with van der Waals surface area (Å²) < 4.78 is 28.5. The highest BCUT2D eigenvalue weighted by atomic mass is 32.2. The van der Waals surface area contributed by atoms with Crippen LogP contribution in [0.1, 0.15) is 20.3 Å². The summed E-state index contributed by atoms with van der Waals surface area (Å²) >= 11 is 0. The second-order valence-electron chi connectivity index (χ2n) is 4.85. The fraction of sp³-hybridized carbons (Fsp3) is 0.727. The molecule has 0 aromatic carbocycles. The molecule has 0 saturated heterocycles. The largest absolute Gasteiger partial charge is 0.381 e. The SMILES string of the molecule is CCn1cc(S(=O)(=O)NC(C)CCN(C)C)c(N)n1. The van der Waals surface area contributed by atoms with Crippen LogP contribution in [0, 0.1) is 0 Å². The molecule has 1 aromatic heterocycles. The Morgan fingerprint density at radius 1 is 1.53 bits per heavy atom. The minimum atomic E-state index is -3.60. The number of nitrogen functional groups attached to an aromatic ring is 1. The standard InChI is InChI=1S/C11H23N5O2S/c1-5-16-8-10(11(12)13-16)19(17,18)14-9(2)6-7-15(3)4/h8-9,14H,5-7H2,1-4H3,(H2,12,13). The van der Waals surface area contributed by atoms with E-state index in [-0.39, 0.29) is 16.8 Å². The average Bonchev–Trinajstić information content (AvgIpc) is 2.68. The van der Waals surface area contributed by atoms with Gasteiger partial charge in [0.1, 0.15) is 4.90 Å². The van der Waals surface area contributed by atoms with Crippen molar-refractivity contribution in [2.45, 2.75) is 37.8 Å². The Hall–Kier alpha value is -1.12. The van der Waals surface area contributed by atoms with Gasteiger partial charge >= 0.3 is 0 Å². The zero-order chi connectivity index (χ0) is 14.6. The molecule has 0 amide bonds. The van der Waals surface area contributed by atoms with E-state index in [2.05, 4.69) is 9.82 Å². The van der Waals surface area contributed by atoms with Gasteiger partial charge in [-0.25, -0.2) is 13.1 Å². The number of rotatable bonds is 7. The van der Waals surface area contributed by atoms with Gasteiger partial charge in [0.25, 0.3) is 0 Å². The first-order valence-corrected chi connectivity index (χ1v) is 7.74. The van der Waals surface area contributed by atoms with Gasteiger partial charge in [-0.05, 0) is 40.9 Å². The van der Waals surface area contributed by atoms with Crippen molar-refractivity contribution < 1.29 is 8.42 Å². The van der Waals surface area contributed by atoms with Crippen LogP contribution in [0.25, 0.3) is 0 Å². The molecule has 0 bridgehead atoms. The van der Waals surface area contributed by atoms with E-state index in [1.165, 1.54) is 10.9 Å². The van der Waals surface area contributed by atoms with E-state index in [0.717, 1.165) is 13.0 Å². The predicted octanol–water partition coefficient (Wildman–Crippen LogP) is 0.104. The number of anilines is 1. The van der Waals surface area contributed by atoms with E-state index in [1.54, 1.807) is 0 Å². The van der Waals surface area contributed by atoms with Gasteiger partial charge in [0, 0.05) is 18.8 Å². The minimum absolute atomic E-state index is 0.0363. The molecule has 0 aliphatic rings. The summed E-state index contributed by atoms with van der Waals surface area (Å²) in [5.41, 5.74) is 5.64. The molecule has 110 valence electrons. The molecule has 0 fully saturated rings. The Kier molecular flexibility index (Phi) is 5.33. The summed E-state index contributed by atoms with van der Waals surface area (Å²) in [7, 11) is 0.294. The molecule has 19 heavy (non-hydrogen) atoms. The van der Waals surface area contributed by atoms with Crippen LogP contribution in [0.2, 0.25) is 0 Å². The van der Waals surface area contributed by atoms with E-state index in [1.807, 2.05) is 32.8 Å². The van der Waals surface area contributed by atoms with Crippen LogP contribution in [0.3, 0.4) is 0 Å². The molecule has 8 heteroatoms. The van der Waals surface area contributed by atoms with Gasteiger partial charge in [-0.3, -0.25) is 4.68 Å². The van der Waals surface area contributed by atoms with Gasteiger partial charge in [-0.15, -0.1) is 0 Å². The molecular formula is C11H23N5O2S. The van der Waals surface area contributed by atoms with E-state index in [0.29, 0.717) is 6.54 Å². The first-order chi connectivity index (χ1) is 8.76. The van der Waals surface area contributed by atoms with Crippen LogP contribution in [-0.4, -0.2) is 49.8 Å². The highest BCUT2D eigenvalue weighted by Gasteiger charge is 2.22. The molecular weight excluding hydrogens is 266 g/mol. The molecule has 1 aromatic rings. The van der Waals surface area contributed by atoms with Crippen molar-refractivity contribution in [3.8, 4) is 0 Å². The number of hydrogen-bond acceptors (Lipinski definition) is 5. The van der Waals surface area contributed by atoms with E-state index in [4.69, 9.17) is 5.73 Å².